The summed E-state index contributed by atoms with van der Waals surface area (Å²) in [4.78, 5) is 11.9. The fraction of sp³-hybridized carbons (Fsp3) is 0.982. The molecule has 14 bridgehead atoms. The Morgan fingerprint density at radius 3 is 0.716 bits per heavy atom. The van der Waals surface area contributed by atoms with Gasteiger partial charge in [-0.15, -0.1) is 0 Å². The zero-order valence-electron chi connectivity index (χ0n) is 52.7. The van der Waals surface area contributed by atoms with Crippen LogP contribution in [0.1, 0.15) is 72.1 Å². The molecule has 554 valence electrons. The molecule has 38 heteroatoms. The average molecular weight is 1390 g/mol. The van der Waals surface area contributed by atoms with Gasteiger partial charge in [-0.1, -0.05) is 38.5 Å². The molecule has 21 saturated heterocycles. The summed E-state index contributed by atoms with van der Waals surface area (Å²) in [5.74, 6) is 0. The molecule has 0 aliphatic carbocycles. The first-order valence-corrected chi connectivity index (χ1v) is 32.2. The number of unbranched alkanes of at least 4 members (excludes halogenated alkanes) is 7. The van der Waals surface area contributed by atoms with Gasteiger partial charge in [0.25, 0.3) is 0 Å². The number of hydrogen-bond donors (Lipinski definition) is 22. The van der Waals surface area contributed by atoms with Crippen molar-refractivity contribution in [1.82, 2.24) is 10.6 Å². The van der Waals surface area contributed by atoms with E-state index in [1.54, 1.807) is 20.8 Å². The van der Waals surface area contributed by atoms with Gasteiger partial charge < -0.3 is 184 Å². The minimum Gasteiger partial charge on any atom is -0.444 e. The minimum atomic E-state index is -2.21. The Balaban J connectivity index is 1.01. The minimum absolute atomic E-state index is 0.216. The van der Waals surface area contributed by atoms with Crippen molar-refractivity contribution in [2.24, 2.45) is 0 Å². The molecule has 0 radical (unpaired) electrons. The van der Waals surface area contributed by atoms with Gasteiger partial charge in [-0.3, -0.25) is 0 Å². The van der Waals surface area contributed by atoms with Gasteiger partial charge in [-0.25, -0.2) is 4.79 Å². The molecule has 21 heterocycles. The highest BCUT2D eigenvalue weighted by Crippen LogP contribution is 2.39. The summed E-state index contributed by atoms with van der Waals surface area (Å²) in [6.45, 7) is -0.270. The first-order chi connectivity index (χ1) is 45.2. The lowest BCUT2D eigenvalue weighted by molar-refractivity contribution is -0.396. The zero-order chi connectivity index (χ0) is 69.3. The van der Waals surface area contributed by atoms with Crippen molar-refractivity contribution >= 4 is 6.09 Å². The molecule has 0 aromatic heterocycles. The monoisotopic (exact) mass is 1390 g/mol. The van der Waals surface area contributed by atoms with E-state index in [0.717, 1.165) is 44.9 Å². The van der Waals surface area contributed by atoms with Crippen molar-refractivity contribution in [3.8, 4) is 0 Å². The van der Waals surface area contributed by atoms with Crippen LogP contribution in [0.15, 0.2) is 0 Å². The van der Waals surface area contributed by atoms with Crippen molar-refractivity contribution in [2.45, 2.75) is 293 Å². The molecule has 0 unspecified atom stereocenters. The van der Waals surface area contributed by atoms with Crippen molar-refractivity contribution in [1.29, 1.82) is 0 Å². The summed E-state index contributed by atoms with van der Waals surface area (Å²) in [5.41, 5.74) is -0.600. The fourth-order valence-electron chi connectivity index (χ4n) is 12.6. The van der Waals surface area contributed by atoms with Crippen LogP contribution in [0.3, 0.4) is 0 Å². The second-order valence-electron chi connectivity index (χ2n) is 25.9. The third-order valence-corrected chi connectivity index (χ3v) is 17.9. The summed E-state index contributed by atoms with van der Waals surface area (Å²) >= 11 is 0. The van der Waals surface area contributed by atoms with E-state index >= 15 is 0 Å². The lowest BCUT2D eigenvalue weighted by atomic mass is 9.95. The van der Waals surface area contributed by atoms with Gasteiger partial charge in [0.2, 0.25) is 0 Å². The highest BCUT2D eigenvalue weighted by Gasteiger charge is 2.59. The van der Waals surface area contributed by atoms with Crippen LogP contribution in [0.4, 0.5) is 4.79 Å². The molecular weight excluding hydrogens is 1290 g/mol. The maximum absolute atomic E-state index is 11.9. The lowest BCUT2D eigenvalue weighted by Crippen LogP contribution is -2.68. The summed E-state index contributed by atoms with van der Waals surface area (Å²) < 4.78 is 87.1. The molecule has 21 fully saturated rings. The Morgan fingerprint density at radius 2 is 0.495 bits per heavy atom. The highest BCUT2D eigenvalue weighted by atomic mass is 16.8. The van der Waals surface area contributed by atoms with E-state index in [9.17, 15) is 107 Å². The van der Waals surface area contributed by atoms with Gasteiger partial charge >= 0.3 is 6.09 Å². The van der Waals surface area contributed by atoms with Crippen LogP contribution in [0.25, 0.3) is 0 Å². The van der Waals surface area contributed by atoms with Crippen LogP contribution in [-0.4, -0.2) is 388 Å². The van der Waals surface area contributed by atoms with Crippen LogP contribution >= 0.6 is 0 Å². The number of aliphatic hydroxyl groups excluding tert-OH is 20. The number of nitrogens with one attached hydrogen (secondary N) is 2. The molecule has 0 aromatic carbocycles. The van der Waals surface area contributed by atoms with Crippen molar-refractivity contribution in [3.63, 3.8) is 0 Å². The van der Waals surface area contributed by atoms with Crippen LogP contribution in [-0.2, 0) is 71.1 Å². The summed E-state index contributed by atoms with van der Waals surface area (Å²) in [6, 6.07) is 0. The number of carbonyl (C=O) groups is 1. The number of carbonyl (C=O) groups excluding carboxylic acids is 1. The molecule has 35 atom stereocenters. The molecule has 0 saturated carbocycles. The predicted octanol–water partition coefficient (Wildman–Crippen LogP) is -11.0. The second kappa shape index (κ2) is 35.7. The number of rotatable bonds is 19. The van der Waals surface area contributed by atoms with E-state index in [2.05, 4.69) is 10.6 Å². The largest absolute Gasteiger partial charge is 0.444 e. The Labute approximate surface area is 545 Å². The van der Waals surface area contributed by atoms with Crippen LogP contribution in [0, 0.1) is 0 Å². The Bertz CT molecular complexity index is 2260. The zero-order valence-corrected chi connectivity index (χ0v) is 52.7. The molecule has 0 aromatic rings. The molecule has 95 heavy (non-hydrogen) atoms. The van der Waals surface area contributed by atoms with E-state index in [4.69, 9.17) is 71.1 Å². The third kappa shape index (κ3) is 18.8. The average Bonchev–Trinajstić information content (AvgIpc) is 0.790. The maximum atomic E-state index is 11.9. The number of aliphatic hydroxyl groups is 20. The summed E-state index contributed by atoms with van der Waals surface area (Å²) in [6.07, 6.45) is -63.1. The van der Waals surface area contributed by atoms with E-state index in [1.165, 1.54) is 0 Å². The molecule has 1 amide bonds. The van der Waals surface area contributed by atoms with E-state index < -0.39 is 266 Å². The van der Waals surface area contributed by atoms with E-state index in [-0.39, 0.29) is 6.54 Å². The molecule has 22 N–H and O–H groups in total. The summed E-state index contributed by atoms with van der Waals surface area (Å²) in [5, 5.41) is 231. The van der Waals surface area contributed by atoms with E-state index in [1.807, 2.05) is 0 Å². The Hall–Kier alpha value is -2.13. The lowest BCUT2D eigenvalue weighted by Gasteiger charge is -2.50. The standard InChI is InChI=1S/C57H100N2O36/c1-57(2,3)95-56(80)59-13-11-9-7-5-4-6-8-10-12-58-14-21-42-28(66)35(73)49(81-21)89-43-22(15-60)83-51(37(75)30(43)68)91-45-24(17-62)85-53(39(77)32(45)70)93-47-26(19-64)87-55(41(79)34(47)72)94-48-27(20-65)86-54(40(78)33(48)71)92-46-25(18-63)84-52(38(76)31(46)69)90-44-23(16-61)82-50(88-42)36(74)29(44)67/h21-55,58,60-79H,4-20H2,1-3H3,(H,59,80)/t21-,22+,23-,24+,25-,26+,27-,28+,29+,30+,31+,32-,33+,34+,35+,36+,37-,38+,39-,40+,41+,42+,43+,44+,45+,46+,47+,48+,49+,50+,51+,52+,53+,54+,55+/m0/s1. The van der Waals surface area contributed by atoms with Crippen molar-refractivity contribution in [3.05, 3.63) is 0 Å². The van der Waals surface area contributed by atoms with Crippen molar-refractivity contribution < 1.29 is 178 Å². The summed E-state index contributed by atoms with van der Waals surface area (Å²) in [7, 11) is 0. The quantitative estimate of drug-likeness (QED) is 0.0534. The van der Waals surface area contributed by atoms with Gasteiger partial charge in [0, 0.05) is 13.1 Å². The fourth-order valence-corrected chi connectivity index (χ4v) is 12.6. The SMILES string of the molecule is CC(C)(C)OC(=O)NCCCCCCCCCCNC[C@@H]1O[C@@H]2O[C@H]3[C@H](O)[C@H](O)[C@@H](O[C@H]4[C@@H](O)[C@H](O)[C@@H](O[C@H]5[C@H](O)[C@@H](O)[C@@H](O[C@H]6[C@H](O)[C@@H](O)[C@@H](O[C@H]7[C@H](O)[C@@H](O)[C@@H](O[C@H]8[C@H](O)[C@@H](O)[C@@H](O[C@H]1[C@H](O)[C@H]2O)O[C@H]8CO)O[C@H]7CO)O[C@H]6CO)O[C@@H]5CO)O[C@@H]4CO)O[C@@H]3CO. The molecule has 21 rings (SSSR count). The van der Waals surface area contributed by atoms with Crippen LogP contribution < -0.4 is 10.6 Å². The maximum Gasteiger partial charge on any atom is 0.407 e. The predicted molar refractivity (Wildman–Crippen MR) is 305 cm³/mol. The third-order valence-electron chi connectivity index (χ3n) is 17.9. The number of amides is 1. The number of hydrogen-bond acceptors (Lipinski definition) is 37. The van der Waals surface area contributed by atoms with Gasteiger partial charge in [0.1, 0.15) is 177 Å². The highest BCUT2D eigenvalue weighted by molar-refractivity contribution is 5.67. The van der Waals surface area contributed by atoms with Gasteiger partial charge in [-0.2, -0.15) is 0 Å². The van der Waals surface area contributed by atoms with E-state index in [0.29, 0.717) is 19.5 Å². The van der Waals surface area contributed by atoms with Gasteiger partial charge in [-0.05, 0) is 40.2 Å². The topological polar surface area (TPSA) is 584 Å². The number of alkyl carbamates (subject to hydrolysis) is 1. The number of ether oxygens (including phenoxy) is 15. The first kappa shape index (κ1) is 78.6. The first-order valence-electron chi connectivity index (χ1n) is 32.2. The Morgan fingerprint density at radius 1 is 0.295 bits per heavy atom. The molecular formula is C57H100N2O36. The normalized spacial score (nSPS) is 47.2. The van der Waals surface area contributed by atoms with Gasteiger partial charge in [0.05, 0.1) is 39.6 Å². The van der Waals surface area contributed by atoms with Crippen LogP contribution in [0.5, 0.6) is 0 Å². The Kier molecular flexibility index (Phi) is 29.5. The molecule has 38 nitrogen and oxygen atoms in total. The molecule has 21 aliphatic rings. The van der Waals surface area contributed by atoms with Gasteiger partial charge in [0.15, 0.2) is 44.0 Å². The van der Waals surface area contributed by atoms with Crippen molar-refractivity contribution in [2.75, 3.05) is 59.3 Å². The van der Waals surface area contributed by atoms with Crippen LogP contribution in [0.2, 0.25) is 0 Å². The molecule has 21 aliphatic heterocycles. The second-order valence-corrected chi connectivity index (χ2v) is 25.9. The molecule has 0 spiro atoms. The smallest absolute Gasteiger partial charge is 0.407 e.